The van der Waals surface area contributed by atoms with E-state index in [1.807, 2.05) is 0 Å². The maximum atomic E-state index is 5.80. The van der Waals surface area contributed by atoms with E-state index in [2.05, 4.69) is 37.7 Å². The molecule has 1 unspecified atom stereocenters. The van der Waals surface area contributed by atoms with Gasteiger partial charge in [0, 0.05) is 6.54 Å². The third kappa shape index (κ3) is 8.08. The molecule has 0 amide bonds. The van der Waals surface area contributed by atoms with Crippen LogP contribution in [0.3, 0.4) is 0 Å². The largest absolute Gasteiger partial charge is 0.330 e. The third-order valence-electron chi connectivity index (χ3n) is 3.07. The van der Waals surface area contributed by atoms with Gasteiger partial charge in [0.25, 0.3) is 0 Å². The standard InChI is InChI=1S/C13H31N3/c1-5-8-13(11-14)12-16(6-2)10-7-9-15(3)4/h13H,5-12,14H2,1-4H3. The number of rotatable bonds is 10. The molecule has 98 valence electrons. The minimum absolute atomic E-state index is 0.685. The second kappa shape index (κ2) is 10.1. The van der Waals surface area contributed by atoms with Gasteiger partial charge in [-0.25, -0.2) is 0 Å². The van der Waals surface area contributed by atoms with Crippen LogP contribution in [0.2, 0.25) is 0 Å². The van der Waals surface area contributed by atoms with Crippen LogP contribution in [0.15, 0.2) is 0 Å². The Kier molecular flexibility index (Phi) is 9.99. The van der Waals surface area contributed by atoms with Crippen molar-refractivity contribution in [3.05, 3.63) is 0 Å². The first-order valence-corrected chi connectivity index (χ1v) is 6.71. The van der Waals surface area contributed by atoms with Crippen molar-refractivity contribution >= 4 is 0 Å². The Bertz CT molecular complexity index is 148. The Morgan fingerprint density at radius 2 is 1.81 bits per heavy atom. The van der Waals surface area contributed by atoms with Gasteiger partial charge < -0.3 is 15.5 Å². The lowest BCUT2D eigenvalue weighted by molar-refractivity contribution is 0.224. The Labute approximate surface area is 102 Å². The monoisotopic (exact) mass is 229 g/mol. The molecule has 16 heavy (non-hydrogen) atoms. The molecule has 0 aliphatic rings. The van der Waals surface area contributed by atoms with Crippen molar-refractivity contribution in [2.24, 2.45) is 11.7 Å². The fourth-order valence-electron chi connectivity index (χ4n) is 2.05. The second-order valence-corrected chi connectivity index (χ2v) is 4.94. The van der Waals surface area contributed by atoms with Crippen molar-refractivity contribution in [3.8, 4) is 0 Å². The lowest BCUT2D eigenvalue weighted by atomic mass is 10.0. The second-order valence-electron chi connectivity index (χ2n) is 4.94. The Morgan fingerprint density at radius 1 is 1.12 bits per heavy atom. The molecule has 0 aromatic rings. The molecular weight excluding hydrogens is 198 g/mol. The summed E-state index contributed by atoms with van der Waals surface area (Å²) in [5.41, 5.74) is 5.80. The fourth-order valence-corrected chi connectivity index (χ4v) is 2.05. The van der Waals surface area contributed by atoms with Gasteiger partial charge in [-0.15, -0.1) is 0 Å². The summed E-state index contributed by atoms with van der Waals surface area (Å²) in [4.78, 5) is 4.79. The summed E-state index contributed by atoms with van der Waals surface area (Å²) in [6.45, 7) is 10.0. The van der Waals surface area contributed by atoms with Crippen LogP contribution in [-0.2, 0) is 0 Å². The highest BCUT2D eigenvalue weighted by Crippen LogP contribution is 2.07. The summed E-state index contributed by atoms with van der Waals surface area (Å²) in [5.74, 6) is 0.685. The summed E-state index contributed by atoms with van der Waals surface area (Å²) in [5, 5.41) is 0. The molecule has 3 nitrogen and oxygen atoms in total. The van der Waals surface area contributed by atoms with E-state index in [0.717, 1.165) is 13.1 Å². The lowest BCUT2D eigenvalue weighted by Crippen LogP contribution is -2.34. The van der Waals surface area contributed by atoms with Gasteiger partial charge in [-0.3, -0.25) is 0 Å². The summed E-state index contributed by atoms with van der Waals surface area (Å²) >= 11 is 0. The smallest absolute Gasteiger partial charge is 0.00216 e. The van der Waals surface area contributed by atoms with Crippen molar-refractivity contribution in [3.63, 3.8) is 0 Å². The molecule has 0 spiro atoms. The molecule has 3 heteroatoms. The van der Waals surface area contributed by atoms with E-state index in [1.165, 1.54) is 38.9 Å². The average molecular weight is 229 g/mol. The van der Waals surface area contributed by atoms with E-state index in [1.54, 1.807) is 0 Å². The fraction of sp³-hybridized carbons (Fsp3) is 1.00. The lowest BCUT2D eigenvalue weighted by Gasteiger charge is -2.26. The van der Waals surface area contributed by atoms with Gasteiger partial charge in [0.1, 0.15) is 0 Å². The Morgan fingerprint density at radius 3 is 2.25 bits per heavy atom. The zero-order chi connectivity index (χ0) is 12.4. The van der Waals surface area contributed by atoms with Gasteiger partial charge in [0.15, 0.2) is 0 Å². The van der Waals surface area contributed by atoms with Crippen molar-refractivity contribution in [1.82, 2.24) is 9.80 Å². The zero-order valence-corrected chi connectivity index (χ0v) is 11.7. The highest BCUT2D eigenvalue weighted by molar-refractivity contribution is 4.66. The molecule has 0 fully saturated rings. The molecule has 1 atom stereocenters. The highest BCUT2D eigenvalue weighted by atomic mass is 15.1. The first-order valence-electron chi connectivity index (χ1n) is 6.71. The molecule has 0 bridgehead atoms. The van der Waals surface area contributed by atoms with Crippen LogP contribution in [0.25, 0.3) is 0 Å². The van der Waals surface area contributed by atoms with Crippen LogP contribution in [0.4, 0.5) is 0 Å². The molecule has 0 aromatic carbocycles. The first-order chi connectivity index (χ1) is 7.63. The van der Waals surface area contributed by atoms with Gasteiger partial charge in [0.05, 0.1) is 0 Å². The van der Waals surface area contributed by atoms with Crippen LogP contribution >= 0.6 is 0 Å². The minimum Gasteiger partial charge on any atom is -0.330 e. The van der Waals surface area contributed by atoms with Gasteiger partial charge in [0.2, 0.25) is 0 Å². The molecular formula is C13H31N3. The quantitative estimate of drug-likeness (QED) is 0.618. The number of hydrogen-bond donors (Lipinski definition) is 1. The summed E-state index contributed by atoms with van der Waals surface area (Å²) < 4.78 is 0. The topological polar surface area (TPSA) is 32.5 Å². The number of nitrogens with two attached hydrogens (primary N) is 1. The molecule has 0 aromatic heterocycles. The normalized spacial score (nSPS) is 13.7. The SMILES string of the molecule is CCCC(CN)CN(CC)CCCN(C)C. The van der Waals surface area contributed by atoms with Crippen molar-refractivity contribution in [2.75, 3.05) is 46.8 Å². The van der Waals surface area contributed by atoms with Gasteiger partial charge in [-0.05, 0) is 59.0 Å². The van der Waals surface area contributed by atoms with Crippen LogP contribution in [0, 0.1) is 5.92 Å². The van der Waals surface area contributed by atoms with Crippen LogP contribution in [0.5, 0.6) is 0 Å². The van der Waals surface area contributed by atoms with Gasteiger partial charge in [-0.2, -0.15) is 0 Å². The Balaban J connectivity index is 3.79. The molecule has 0 heterocycles. The summed E-state index contributed by atoms with van der Waals surface area (Å²) in [6.07, 6.45) is 3.77. The maximum absolute atomic E-state index is 5.80. The highest BCUT2D eigenvalue weighted by Gasteiger charge is 2.10. The van der Waals surface area contributed by atoms with Crippen LogP contribution < -0.4 is 5.73 Å². The minimum atomic E-state index is 0.685. The predicted octanol–water partition coefficient (Wildman–Crippen LogP) is 1.64. The number of hydrogen-bond acceptors (Lipinski definition) is 3. The van der Waals surface area contributed by atoms with Gasteiger partial charge in [-0.1, -0.05) is 20.3 Å². The predicted molar refractivity (Wildman–Crippen MR) is 72.7 cm³/mol. The van der Waals surface area contributed by atoms with Crippen LogP contribution in [0.1, 0.15) is 33.1 Å². The molecule has 0 saturated carbocycles. The molecule has 0 aliphatic heterocycles. The van der Waals surface area contributed by atoms with Crippen molar-refractivity contribution in [2.45, 2.75) is 33.1 Å². The van der Waals surface area contributed by atoms with E-state index in [0.29, 0.717) is 5.92 Å². The zero-order valence-electron chi connectivity index (χ0n) is 11.7. The van der Waals surface area contributed by atoms with E-state index >= 15 is 0 Å². The summed E-state index contributed by atoms with van der Waals surface area (Å²) in [7, 11) is 4.27. The van der Waals surface area contributed by atoms with E-state index in [4.69, 9.17) is 5.73 Å². The molecule has 0 saturated heterocycles. The summed E-state index contributed by atoms with van der Waals surface area (Å²) in [6, 6.07) is 0. The van der Waals surface area contributed by atoms with Crippen molar-refractivity contribution in [1.29, 1.82) is 0 Å². The maximum Gasteiger partial charge on any atom is 0.00216 e. The molecule has 0 rings (SSSR count). The molecule has 0 radical (unpaired) electrons. The van der Waals surface area contributed by atoms with Crippen molar-refractivity contribution < 1.29 is 0 Å². The molecule has 2 N–H and O–H groups in total. The van der Waals surface area contributed by atoms with E-state index in [9.17, 15) is 0 Å². The van der Waals surface area contributed by atoms with Gasteiger partial charge >= 0.3 is 0 Å². The third-order valence-corrected chi connectivity index (χ3v) is 3.07. The molecule has 0 aliphatic carbocycles. The van der Waals surface area contributed by atoms with E-state index in [-0.39, 0.29) is 0 Å². The Hall–Kier alpha value is -0.120. The number of nitrogens with zero attached hydrogens (tertiary/aromatic N) is 2. The first kappa shape index (κ1) is 15.9. The van der Waals surface area contributed by atoms with E-state index < -0.39 is 0 Å². The van der Waals surface area contributed by atoms with Crippen LogP contribution in [-0.4, -0.2) is 56.6 Å². The average Bonchev–Trinajstić information content (AvgIpc) is 2.26.